The molecule has 1 unspecified atom stereocenters. The van der Waals surface area contributed by atoms with Gasteiger partial charge in [0.2, 0.25) is 0 Å². The van der Waals surface area contributed by atoms with Gasteiger partial charge in [-0.1, -0.05) is 12.5 Å². The molecule has 1 fully saturated rings. The summed E-state index contributed by atoms with van der Waals surface area (Å²) in [4.78, 5) is 39.2. The number of nitrogens with zero attached hydrogens (tertiary/aromatic N) is 4. The number of carbonyl (C=O) groups is 1. The third-order valence-corrected chi connectivity index (χ3v) is 7.61. The van der Waals surface area contributed by atoms with Gasteiger partial charge in [-0.2, -0.15) is 0 Å². The summed E-state index contributed by atoms with van der Waals surface area (Å²) in [5, 5.41) is 0.599. The predicted molar refractivity (Wildman–Crippen MR) is 124 cm³/mol. The Balaban J connectivity index is 1.52. The average molecular weight is 453 g/mol. The van der Waals surface area contributed by atoms with E-state index >= 15 is 0 Å². The van der Waals surface area contributed by atoms with Crippen LogP contribution in [-0.4, -0.2) is 44.6 Å². The van der Waals surface area contributed by atoms with Crippen molar-refractivity contribution in [1.82, 2.24) is 19.4 Å². The standard InChI is InChI=1S/C24H28N4O3S/c1-16-20-22(26-19-9-3-2-4-11-28(19)23(20)29)32-21(16)24(30)27(15-18-8-6-12-31-18)14-17-7-5-10-25-13-17/h5,7,10,13,18H,2-4,6,8-9,11-12,14-15H2,1H3. The minimum absolute atomic E-state index is 0.00219. The van der Waals surface area contributed by atoms with Crippen LogP contribution in [0.15, 0.2) is 29.3 Å². The molecule has 0 radical (unpaired) electrons. The van der Waals surface area contributed by atoms with Gasteiger partial charge in [0.05, 0.1) is 16.4 Å². The highest BCUT2D eigenvalue weighted by Gasteiger charge is 2.28. The summed E-state index contributed by atoms with van der Waals surface area (Å²) in [6.45, 7) is 4.33. The largest absolute Gasteiger partial charge is 0.376 e. The van der Waals surface area contributed by atoms with Crippen LogP contribution in [0, 0.1) is 6.92 Å². The number of pyridine rings is 1. The van der Waals surface area contributed by atoms with E-state index in [9.17, 15) is 9.59 Å². The van der Waals surface area contributed by atoms with Crippen molar-refractivity contribution in [3.63, 3.8) is 0 Å². The van der Waals surface area contributed by atoms with Crippen LogP contribution < -0.4 is 5.56 Å². The van der Waals surface area contributed by atoms with E-state index in [-0.39, 0.29) is 17.6 Å². The fourth-order valence-electron chi connectivity index (χ4n) is 4.72. The Kier molecular flexibility index (Phi) is 6.06. The van der Waals surface area contributed by atoms with Gasteiger partial charge in [-0.15, -0.1) is 11.3 Å². The van der Waals surface area contributed by atoms with Crippen LogP contribution in [0.5, 0.6) is 0 Å². The van der Waals surface area contributed by atoms with Gasteiger partial charge in [-0.05, 0) is 49.8 Å². The molecule has 168 valence electrons. The van der Waals surface area contributed by atoms with E-state index in [1.54, 1.807) is 12.4 Å². The number of aryl methyl sites for hydroxylation is 2. The van der Waals surface area contributed by atoms with Crippen LogP contribution in [0.3, 0.4) is 0 Å². The molecule has 0 N–H and O–H groups in total. The van der Waals surface area contributed by atoms with Crippen LogP contribution in [0.1, 0.15) is 58.7 Å². The Labute approximate surface area is 191 Å². The smallest absolute Gasteiger partial charge is 0.264 e. The predicted octanol–water partition coefficient (Wildman–Crippen LogP) is 3.71. The van der Waals surface area contributed by atoms with Crippen molar-refractivity contribution in [3.05, 3.63) is 56.7 Å². The molecule has 32 heavy (non-hydrogen) atoms. The van der Waals surface area contributed by atoms with Crippen molar-refractivity contribution in [3.8, 4) is 0 Å². The number of amides is 1. The Morgan fingerprint density at radius 2 is 2.22 bits per heavy atom. The zero-order valence-electron chi connectivity index (χ0n) is 18.4. The van der Waals surface area contributed by atoms with Crippen molar-refractivity contribution in [2.45, 2.75) is 64.6 Å². The minimum atomic E-state index is -0.0653. The lowest BCUT2D eigenvalue weighted by Crippen LogP contribution is -2.37. The van der Waals surface area contributed by atoms with Gasteiger partial charge in [-0.25, -0.2) is 4.98 Å². The van der Waals surface area contributed by atoms with Crippen LogP contribution in [0.2, 0.25) is 0 Å². The van der Waals surface area contributed by atoms with Crippen molar-refractivity contribution in [2.75, 3.05) is 13.2 Å². The van der Waals surface area contributed by atoms with E-state index in [1.807, 2.05) is 28.5 Å². The van der Waals surface area contributed by atoms with Gasteiger partial charge in [0, 0.05) is 45.1 Å². The Morgan fingerprint density at radius 3 is 3.00 bits per heavy atom. The lowest BCUT2D eigenvalue weighted by Gasteiger charge is -2.25. The zero-order chi connectivity index (χ0) is 22.1. The number of hydrogen-bond donors (Lipinski definition) is 0. The van der Waals surface area contributed by atoms with Gasteiger partial charge in [0.1, 0.15) is 10.7 Å². The SMILES string of the molecule is Cc1c(C(=O)N(Cc2cccnc2)CC2CCCO2)sc2nc3n(c(=O)c12)CCCCC3. The average Bonchev–Trinajstić information content (AvgIpc) is 3.35. The third-order valence-electron chi connectivity index (χ3n) is 6.44. The van der Waals surface area contributed by atoms with Crippen molar-refractivity contribution in [1.29, 1.82) is 0 Å². The molecule has 7 nitrogen and oxygen atoms in total. The maximum absolute atomic E-state index is 13.7. The molecule has 0 aromatic carbocycles. The molecule has 5 rings (SSSR count). The summed E-state index contributed by atoms with van der Waals surface area (Å²) >= 11 is 1.35. The fraction of sp³-hybridized carbons (Fsp3) is 0.500. The normalized spacial score (nSPS) is 18.5. The first-order valence-corrected chi connectivity index (χ1v) is 12.3. The number of aromatic nitrogens is 3. The summed E-state index contributed by atoms with van der Waals surface area (Å²) in [6, 6.07) is 3.86. The summed E-state index contributed by atoms with van der Waals surface area (Å²) in [6.07, 6.45) is 9.52. The molecule has 0 spiro atoms. The quantitative estimate of drug-likeness (QED) is 0.590. The first-order valence-electron chi connectivity index (χ1n) is 11.4. The number of thiophene rings is 1. The number of hydrogen-bond acceptors (Lipinski definition) is 6. The maximum atomic E-state index is 13.7. The van der Waals surface area contributed by atoms with E-state index in [2.05, 4.69) is 4.98 Å². The van der Waals surface area contributed by atoms with Crippen LogP contribution >= 0.6 is 11.3 Å². The molecule has 2 aliphatic rings. The van der Waals surface area contributed by atoms with E-state index in [4.69, 9.17) is 9.72 Å². The first-order chi connectivity index (χ1) is 15.6. The number of carbonyl (C=O) groups excluding carboxylic acids is 1. The zero-order valence-corrected chi connectivity index (χ0v) is 19.2. The highest BCUT2D eigenvalue weighted by molar-refractivity contribution is 7.20. The maximum Gasteiger partial charge on any atom is 0.264 e. The van der Waals surface area contributed by atoms with E-state index in [1.165, 1.54) is 11.3 Å². The summed E-state index contributed by atoms with van der Waals surface area (Å²) in [5.74, 6) is 0.788. The number of fused-ring (bicyclic) bond motifs is 2. The molecule has 3 aromatic heterocycles. The molecule has 0 bridgehead atoms. The first kappa shape index (κ1) is 21.3. The Bertz CT molecular complexity index is 1180. The van der Waals surface area contributed by atoms with Gasteiger partial charge >= 0.3 is 0 Å². The molecular weight excluding hydrogens is 424 g/mol. The molecule has 1 saturated heterocycles. The topological polar surface area (TPSA) is 77.3 Å². The summed E-state index contributed by atoms with van der Waals surface area (Å²) < 4.78 is 7.65. The second-order valence-electron chi connectivity index (χ2n) is 8.71. The summed E-state index contributed by atoms with van der Waals surface area (Å²) in [5.41, 5.74) is 1.72. The van der Waals surface area contributed by atoms with Gasteiger partial charge in [0.25, 0.3) is 11.5 Å². The lowest BCUT2D eigenvalue weighted by molar-refractivity contribution is 0.0510. The highest BCUT2D eigenvalue weighted by atomic mass is 32.1. The van der Waals surface area contributed by atoms with Crippen LogP contribution in [-0.2, 0) is 24.2 Å². The van der Waals surface area contributed by atoms with Crippen molar-refractivity contribution < 1.29 is 9.53 Å². The lowest BCUT2D eigenvalue weighted by atomic mass is 10.1. The Morgan fingerprint density at radius 1 is 1.31 bits per heavy atom. The number of ether oxygens (including phenoxy) is 1. The molecule has 2 aliphatic heterocycles. The fourth-order valence-corrected chi connectivity index (χ4v) is 5.88. The van der Waals surface area contributed by atoms with Gasteiger partial charge in [-0.3, -0.25) is 19.1 Å². The van der Waals surface area contributed by atoms with Gasteiger partial charge in [0.15, 0.2) is 0 Å². The molecule has 1 atom stereocenters. The van der Waals surface area contributed by atoms with E-state index < -0.39 is 0 Å². The molecular formula is C24H28N4O3S. The second-order valence-corrected chi connectivity index (χ2v) is 9.71. The monoisotopic (exact) mass is 452 g/mol. The summed E-state index contributed by atoms with van der Waals surface area (Å²) in [7, 11) is 0. The van der Waals surface area contributed by atoms with Crippen molar-refractivity contribution in [2.24, 2.45) is 0 Å². The van der Waals surface area contributed by atoms with Gasteiger partial charge < -0.3 is 9.64 Å². The van der Waals surface area contributed by atoms with Crippen LogP contribution in [0.4, 0.5) is 0 Å². The van der Waals surface area contributed by atoms with Crippen LogP contribution in [0.25, 0.3) is 10.2 Å². The molecule has 3 aromatic rings. The molecule has 0 aliphatic carbocycles. The van der Waals surface area contributed by atoms with Crippen molar-refractivity contribution >= 4 is 27.5 Å². The molecule has 8 heteroatoms. The second kappa shape index (κ2) is 9.11. The number of rotatable bonds is 5. The van der Waals surface area contributed by atoms with E-state index in [0.717, 1.165) is 62.1 Å². The third kappa shape index (κ3) is 4.09. The molecule has 5 heterocycles. The molecule has 1 amide bonds. The highest BCUT2D eigenvalue weighted by Crippen LogP contribution is 2.30. The Hall–Kier alpha value is -2.58. The van der Waals surface area contributed by atoms with E-state index in [0.29, 0.717) is 34.7 Å². The minimum Gasteiger partial charge on any atom is -0.376 e. The molecule has 0 saturated carbocycles.